The van der Waals surface area contributed by atoms with Crippen LogP contribution in [0.1, 0.15) is 29.0 Å². The molecule has 0 bridgehead atoms. The first-order chi connectivity index (χ1) is 13.1. The highest BCUT2D eigenvalue weighted by Crippen LogP contribution is 2.51. The van der Waals surface area contributed by atoms with E-state index >= 15 is 0 Å². The maximum Gasteiger partial charge on any atom is 0.416 e. The third kappa shape index (κ3) is 3.01. The number of carbonyl (C=O) groups is 1. The van der Waals surface area contributed by atoms with E-state index in [1.807, 2.05) is 6.92 Å². The fraction of sp³-hybridized carbons (Fsp3) is 0.250. The van der Waals surface area contributed by atoms with Crippen LogP contribution in [-0.2, 0) is 20.8 Å². The van der Waals surface area contributed by atoms with Crippen molar-refractivity contribution >= 4 is 27.0 Å². The molecule has 2 aromatic carbocycles. The summed E-state index contributed by atoms with van der Waals surface area (Å²) in [6.45, 7) is 1.82. The highest BCUT2D eigenvalue weighted by Gasteiger charge is 2.44. The summed E-state index contributed by atoms with van der Waals surface area (Å²) in [4.78, 5) is 13.9. The molecule has 28 heavy (non-hydrogen) atoms. The number of halogens is 3. The number of sulfone groups is 1. The topological polar surface area (TPSA) is 67.0 Å². The number of fused-ring (bicyclic) bond motifs is 1. The minimum Gasteiger partial charge on any atom is -0.345 e. The zero-order valence-electron chi connectivity index (χ0n) is 14.7. The molecule has 1 aliphatic rings. The molecule has 0 radical (unpaired) electrons. The number of aryl methyl sites for hydroxylation is 1. The van der Waals surface area contributed by atoms with E-state index in [4.69, 9.17) is 0 Å². The van der Waals surface area contributed by atoms with Crippen LogP contribution >= 0.6 is 0 Å². The summed E-state index contributed by atoms with van der Waals surface area (Å²) in [5.74, 6) is -0.647. The van der Waals surface area contributed by atoms with Crippen molar-refractivity contribution in [3.8, 4) is 0 Å². The molecule has 0 aliphatic heterocycles. The van der Waals surface area contributed by atoms with Gasteiger partial charge in [0, 0.05) is 22.4 Å². The standard InChI is InChI=1S/C20H16F3NO3S/c1-11-2-5-14(6-3-11)28(26,27)19-18(16-8-12(16)10-25)15-7-4-13(20(21,22)23)9-17(15)24-19/h2-7,9-10,12,16,24H,8H2,1H3/t12-,16+/m0/s1. The predicted octanol–water partition coefficient (Wildman–Crippen LogP) is 4.63. The molecule has 0 spiro atoms. The van der Waals surface area contributed by atoms with Crippen LogP contribution in [0.15, 0.2) is 52.4 Å². The monoisotopic (exact) mass is 407 g/mol. The first kappa shape index (κ1) is 18.7. The van der Waals surface area contributed by atoms with E-state index in [0.717, 1.165) is 24.0 Å². The molecule has 0 saturated heterocycles. The lowest BCUT2D eigenvalue weighted by Crippen LogP contribution is -2.05. The SMILES string of the molecule is Cc1ccc(S(=O)(=O)c2[nH]c3cc(C(F)(F)F)ccc3c2[C@@H]2C[C@H]2C=O)cc1. The van der Waals surface area contributed by atoms with E-state index in [-0.39, 0.29) is 27.3 Å². The van der Waals surface area contributed by atoms with E-state index in [2.05, 4.69) is 4.98 Å². The molecule has 3 aromatic rings. The highest BCUT2D eigenvalue weighted by molar-refractivity contribution is 7.91. The van der Waals surface area contributed by atoms with Gasteiger partial charge >= 0.3 is 6.18 Å². The average molecular weight is 407 g/mol. The minimum atomic E-state index is -4.54. The van der Waals surface area contributed by atoms with Gasteiger partial charge in [0.2, 0.25) is 9.84 Å². The first-order valence-corrected chi connectivity index (χ1v) is 10.1. The molecule has 0 unspecified atom stereocenters. The van der Waals surface area contributed by atoms with Crippen molar-refractivity contribution in [2.45, 2.75) is 35.4 Å². The van der Waals surface area contributed by atoms with Crippen LogP contribution < -0.4 is 0 Å². The van der Waals surface area contributed by atoms with Gasteiger partial charge in [-0.05, 0) is 43.5 Å². The van der Waals surface area contributed by atoms with Gasteiger partial charge in [-0.15, -0.1) is 0 Å². The van der Waals surface area contributed by atoms with Crippen molar-refractivity contribution in [1.29, 1.82) is 0 Å². The summed E-state index contributed by atoms with van der Waals surface area (Å²) in [7, 11) is -3.99. The third-order valence-electron chi connectivity index (χ3n) is 5.12. The molecule has 4 nitrogen and oxygen atoms in total. The lowest BCUT2D eigenvalue weighted by Gasteiger charge is -2.07. The number of carbonyl (C=O) groups excluding carboxylic acids is 1. The van der Waals surface area contributed by atoms with Crippen molar-refractivity contribution in [2.75, 3.05) is 0 Å². The van der Waals surface area contributed by atoms with Crippen molar-refractivity contribution in [1.82, 2.24) is 4.98 Å². The zero-order chi connectivity index (χ0) is 20.3. The Labute approximate surface area is 159 Å². The van der Waals surface area contributed by atoms with E-state index < -0.39 is 21.6 Å². The smallest absolute Gasteiger partial charge is 0.345 e. The number of aromatic nitrogens is 1. The van der Waals surface area contributed by atoms with Gasteiger partial charge in [0.1, 0.15) is 11.3 Å². The molecule has 4 rings (SSSR count). The van der Waals surface area contributed by atoms with Crippen LogP contribution in [0.4, 0.5) is 13.2 Å². The summed E-state index contributed by atoms with van der Waals surface area (Å²) in [5.41, 5.74) is 0.497. The number of H-pyrrole nitrogens is 1. The molecule has 1 heterocycles. The van der Waals surface area contributed by atoms with Gasteiger partial charge in [-0.3, -0.25) is 0 Å². The van der Waals surface area contributed by atoms with Crippen molar-refractivity contribution in [3.63, 3.8) is 0 Å². The van der Waals surface area contributed by atoms with Crippen LogP contribution in [0.3, 0.4) is 0 Å². The van der Waals surface area contributed by atoms with Gasteiger partial charge in [0.05, 0.1) is 10.5 Å². The molecule has 8 heteroatoms. The number of rotatable bonds is 4. The summed E-state index contributed by atoms with van der Waals surface area (Å²) >= 11 is 0. The lowest BCUT2D eigenvalue weighted by molar-refractivity contribution is -0.137. The molecule has 1 saturated carbocycles. The maximum absolute atomic E-state index is 13.2. The van der Waals surface area contributed by atoms with Crippen LogP contribution in [0, 0.1) is 12.8 Å². The van der Waals surface area contributed by atoms with Crippen molar-refractivity contribution in [2.24, 2.45) is 5.92 Å². The Hall–Kier alpha value is -2.61. The number of aldehydes is 1. The largest absolute Gasteiger partial charge is 0.416 e. The molecule has 1 fully saturated rings. The summed E-state index contributed by atoms with van der Waals surface area (Å²) in [6, 6.07) is 9.35. The molecule has 1 aromatic heterocycles. The van der Waals surface area contributed by atoms with Gasteiger partial charge in [-0.2, -0.15) is 13.2 Å². The van der Waals surface area contributed by atoms with Crippen LogP contribution in [0.2, 0.25) is 0 Å². The maximum atomic E-state index is 13.2. The normalized spacial score (nSPS) is 19.7. The Morgan fingerprint density at radius 1 is 1.11 bits per heavy atom. The van der Waals surface area contributed by atoms with E-state index in [1.165, 1.54) is 18.2 Å². The first-order valence-electron chi connectivity index (χ1n) is 8.63. The van der Waals surface area contributed by atoms with Crippen LogP contribution in [-0.4, -0.2) is 19.7 Å². The Kier molecular flexibility index (Phi) is 4.15. The average Bonchev–Trinajstić information content (AvgIpc) is 3.31. The van der Waals surface area contributed by atoms with Gasteiger partial charge in [0.15, 0.2) is 0 Å². The van der Waals surface area contributed by atoms with E-state index in [9.17, 15) is 26.4 Å². The second-order valence-electron chi connectivity index (χ2n) is 7.08. The molecular formula is C20H16F3NO3S. The fourth-order valence-electron chi connectivity index (χ4n) is 3.48. The second-order valence-corrected chi connectivity index (χ2v) is 8.97. The highest BCUT2D eigenvalue weighted by atomic mass is 32.2. The number of aromatic amines is 1. The molecule has 2 atom stereocenters. The minimum absolute atomic E-state index is 0.0465. The van der Waals surface area contributed by atoms with Crippen molar-refractivity contribution < 1.29 is 26.4 Å². The van der Waals surface area contributed by atoms with Crippen molar-refractivity contribution in [3.05, 3.63) is 59.2 Å². The Morgan fingerprint density at radius 2 is 1.79 bits per heavy atom. The number of benzene rings is 2. The van der Waals surface area contributed by atoms with Gasteiger partial charge in [-0.1, -0.05) is 23.8 Å². The molecule has 1 aliphatic carbocycles. The van der Waals surface area contributed by atoms with Crippen LogP contribution in [0.25, 0.3) is 10.9 Å². The van der Waals surface area contributed by atoms with Gasteiger partial charge < -0.3 is 9.78 Å². The number of hydrogen-bond acceptors (Lipinski definition) is 3. The van der Waals surface area contributed by atoms with Crippen LogP contribution in [0.5, 0.6) is 0 Å². The van der Waals surface area contributed by atoms with E-state index in [1.54, 1.807) is 12.1 Å². The zero-order valence-corrected chi connectivity index (χ0v) is 15.6. The van der Waals surface area contributed by atoms with E-state index in [0.29, 0.717) is 17.4 Å². The second kappa shape index (κ2) is 6.20. The number of hydrogen-bond donors (Lipinski definition) is 1. The molecular weight excluding hydrogens is 391 g/mol. The third-order valence-corrected chi connectivity index (χ3v) is 6.87. The number of nitrogens with one attached hydrogen (secondary N) is 1. The molecule has 146 valence electrons. The summed E-state index contributed by atoms with van der Waals surface area (Å²) in [5, 5.41) is 0.257. The Balaban J connectivity index is 1.95. The van der Waals surface area contributed by atoms with Gasteiger partial charge in [0.25, 0.3) is 0 Å². The Morgan fingerprint density at radius 3 is 2.36 bits per heavy atom. The lowest BCUT2D eigenvalue weighted by atomic mass is 10.1. The molecule has 1 N–H and O–H groups in total. The summed E-state index contributed by atoms with van der Waals surface area (Å²) in [6.07, 6.45) is -3.30. The molecule has 0 amide bonds. The summed E-state index contributed by atoms with van der Waals surface area (Å²) < 4.78 is 65.6. The Bertz CT molecular complexity index is 1180. The quantitative estimate of drug-likeness (QED) is 0.641. The van der Waals surface area contributed by atoms with Gasteiger partial charge in [-0.25, -0.2) is 8.42 Å². The number of alkyl halides is 3. The predicted molar refractivity (Wildman–Crippen MR) is 96.8 cm³/mol. The fourth-order valence-corrected chi connectivity index (χ4v) is 5.01.